The Morgan fingerprint density at radius 3 is 2.89 bits per heavy atom. The van der Waals surface area contributed by atoms with Gasteiger partial charge >= 0.3 is 5.97 Å². The van der Waals surface area contributed by atoms with Crippen LogP contribution in [-0.4, -0.2) is 5.97 Å². The average Bonchev–Trinajstić information content (AvgIpc) is 1.89. The highest BCUT2D eigenvalue weighted by Gasteiger charge is 1.91. The van der Waals surface area contributed by atoms with E-state index < -0.39 is 5.97 Å². The van der Waals surface area contributed by atoms with Gasteiger partial charge in [-0.1, -0.05) is 19.4 Å². The Bertz CT molecular complexity index is 110. The second kappa shape index (κ2) is 5.28. The first kappa shape index (κ1) is 8.14. The fraction of sp³-hybridized carbons (Fsp3) is 0.500. The predicted molar refractivity (Wildman–Crippen MR) is 31.2 cm³/mol. The number of rotatable bonds is 3. The van der Waals surface area contributed by atoms with E-state index in [1.165, 1.54) is 0 Å². The molecule has 0 saturated heterocycles. The summed E-state index contributed by atoms with van der Waals surface area (Å²) >= 11 is 0. The lowest BCUT2D eigenvalue weighted by molar-refractivity contribution is -0.176. The fourth-order valence-electron chi connectivity index (χ4n) is 0.372. The summed E-state index contributed by atoms with van der Waals surface area (Å²) in [5.41, 5.74) is 0. The lowest BCUT2D eigenvalue weighted by Crippen LogP contribution is -1.89. The summed E-state index contributed by atoms with van der Waals surface area (Å²) in [5.74, 6) is -0.941. The van der Waals surface area contributed by atoms with Crippen LogP contribution < -0.4 is 0 Å². The first-order chi connectivity index (χ1) is 4.31. The lowest BCUT2D eigenvalue weighted by atomic mass is 10.3. The number of halogens is 1. The first-order valence-electron chi connectivity index (χ1n) is 2.80. The van der Waals surface area contributed by atoms with Gasteiger partial charge in [-0.15, -0.1) is 0 Å². The molecule has 0 amide bonds. The number of carbonyl (C=O) groups is 1. The van der Waals surface area contributed by atoms with Crippen LogP contribution in [0.3, 0.4) is 0 Å². The van der Waals surface area contributed by atoms with Crippen LogP contribution in [-0.2, 0) is 9.74 Å². The van der Waals surface area contributed by atoms with Crippen LogP contribution in [0.25, 0.3) is 0 Å². The number of allylic oxidation sites excluding steroid dienone is 1. The molecule has 0 fully saturated rings. The van der Waals surface area contributed by atoms with Gasteiger partial charge in [-0.05, 0) is 6.42 Å². The molecule has 0 heterocycles. The largest absolute Gasteiger partial charge is 0.372 e. The van der Waals surface area contributed by atoms with Crippen LogP contribution in [0.4, 0.5) is 4.53 Å². The number of hydrogen-bond donors (Lipinski definition) is 0. The smallest absolute Gasteiger partial charge is 0.250 e. The maximum Gasteiger partial charge on any atom is 0.372 e. The summed E-state index contributed by atoms with van der Waals surface area (Å²) in [5, 5.41) is 0. The molecule has 52 valence electrons. The zero-order valence-electron chi connectivity index (χ0n) is 5.26. The summed E-state index contributed by atoms with van der Waals surface area (Å²) in [6.07, 6.45) is 4.36. The normalized spacial score (nSPS) is 10.0. The quantitative estimate of drug-likeness (QED) is 0.547. The van der Waals surface area contributed by atoms with Crippen LogP contribution in [0.2, 0.25) is 0 Å². The van der Waals surface area contributed by atoms with E-state index in [4.69, 9.17) is 0 Å². The lowest BCUT2D eigenvalue weighted by Gasteiger charge is -1.82. The molecular weight excluding hydrogens is 123 g/mol. The first-order valence-corrected chi connectivity index (χ1v) is 2.80. The van der Waals surface area contributed by atoms with E-state index in [0.29, 0.717) is 0 Å². The second-order valence-corrected chi connectivity index (χ2v) is 1.59. The number of hydrogen-bond acceptors (Lipinski definition) is 2. The molecule has 0 aromatic heterocycles. The highest BCUT2D eigenvalue weighted by Crippen LogP contribution is 1.89. The Balaban J connectivity index is 3.32. The van der Waals surface area contributed by atoms with Crippen molar-refractivity contribution in [3.05, 3.63) is 12.2 Å². The van der Waals surface area contributed by atoms with Gasteiger partial charge in [-0.3, -0.25) is 4.94 Å². The minimum atomic E-state index is -0.941. The SMILES string of the molecule is CCCC=CC(=O)OF. The molecule has 0 radical (unpaired) electrons. The van der Waals surface area contributed by atoms with Crippen molar-refractivity contribution >= 4 is 5.97 Å². The monoisotopic (exact) mass is 132 g/mol. The molecule has 2 nitrogen and oxygen atoms in total. The molecule has 0 saturated carbocycles. The molecule has 0 unspecified atom stereocenters. The van der Waals surface area contributed by atoms with E-state index in [1.807, 2.05) is 6.92 Å². The van der Waals surface area contributed by atoms with Crippen LogP contribution in [0.5, 0.6) is 0 Å². The highest BCUT2D eigenvalue weighted by atomic mass is 19.3. The van der Waals surface area contributed by atoms with E-state index in [9.17, 15) is 9.32 Å². The van der Waals surface area contributed by atoms with Crippen molar-refractivity contribution in [1.82, 2.24) is 0 Å². The Labute approximate surface area is 53.2 Å². The second-order valence-electron chi connectivity index (χ2n) is 1.59. The van der Waals surface area contributed by atoms with Crippen molar-refractivity contribution in [3.8, 4) is 0 Å². The predicted octanol–water partition coefficient (Wildman–Crippen LogP) is 1.77. The van der Waals surface area contributed by atoms with Gasteiger partial charge in [0.25, 0.3) is 0 Å². The molecule has 9 heavy (non-hydrogen) atoms. The average molecular weight is 132 g/mol. The molecule has 0 aromatic rings. The van der Waals surface area contributed by atoms with Crippen LogP contribution in [0, 0.1) is 0 Å². The number of carbonyl (C=O) groups excluding carboxylic acids is 1. The van der Waals surface area contributed by atoms with Crippen molar-refractivity contribution in [2.75, 3.05) is 0 Å². The molecule has 0 N–H and O–H groups in total. The minimum Gasteiger partial charge on any atom is -0.250 e. The van der Waals surface area contributed by atoms with Crippen LogP contribution in [0.15, 0.2) is 12.2 Å². The molecule has 0 bridgehead atoms. The Morgan fingerprint density at radius 2 is 2.44 bits per heavy atom. The van der Waals surface area contributed by atoms with Gasteiger partial charge in [0, 0.05) is 10.6 Å². The van der Waals surface area contributed by atoms with Crippen LogP contribution in [0.1, 0.15) is 19.8 Å². The zero-order chi connectivity index (χ0) is 7.11. The topological polar surface area (TPSA) is 26.3 Å². The summed E-state index contributed by atoms with van der Waals surface area (Å²) < 4.78 is 10.9. The van der Waals surface area contributed by atoms with E-state index in [-0.39, 0.29) is 0 Å². The molecule has 0 aromatic carbocycles. The molecular formula is C6H9FO2. The third-order valence-electron chi connectivity index (χ3n) is 0.785. The third kappa shape index (κ3) is 5.00. The van der Waals surface area contributed by atoms with Gasteiger partial charge in [-0.2, -0.15) is 0 Å². The third-order valence-corrected chi connectivity index (χ3v) is 0.785. The van der Waals surface area contributed by atoms with Gasteiger partial charge < -0.3 is 0 Å². The summed E-state index contributed by atoms with van der Waals surface area (Å²) in [6.45, 7) is 1.96. The van der Waals surface area contributed by atoms with Gasteiger partial charge in [-0.25, -0.2) is 4.79 Å². The van der Waals surface area contributed by atoms with Crippen molar-refractivity contribution in [2.24, 2.45) is 0 Å². The van der Waals surface area contributed by atoms with Crippen molar-refractivity contribution < 1.29 is 14.3 Å². The highest BCUT2D eigenvalue weighted by molar-refractivity contribution is 5.81. The Hall–Kier alpha value is -0.860. The molecule has 0 atom stereocenters. The number of unbranched alkanes of at least 4 members (excludes halogenated alkanes) is 1. The van der Waals surface area contributed by atoms with Gasteiger partial charge in [0.15, 0.2) is 0 Å². The molecule has 0 aliphatic heterocycles. The van der Waals surface area contributed by atoms with E-state index >= 15 is 0 Å². The van der Waals surface area contributed by atoms with Gasteiger partial charge in [0.05, 0.1) is 0 Å². The Kier molecular flexibility index (Phi) is 4.78. The molecule has 0 aliphatic carbocycles. The molecule has 3 heteroatoms. The van der Waals surface area contributed by atoms with Crippen molar-refractivity contribution in [2.45, 2.75) is 19.8 Å². The minimum absolute atomic E-state index is 0.773. The van der Waals surface area contributed by atoms with Crippen LogP contribution >= 0.6 is 0 Å². The summed E-state index contributed by atoms with van der Waals surface area (Å²) in [7, 11) is 0. The van der Waals surface area contributed by atoms with E-state index in [2.05, 4.69) is 4.94 Å². The standard InChI is InChI=1S/C6H9FO2/c1-2-3-4-5-6(8)9-7/h4-5H,2-3H2,1H3. The van der Waals surface area contributed by atoms with Gasteiger partial charge in [0.1, 0.15) is 0 Å². The fourth-order valence-corrected chi connectivity index (χ4v) is 0.372. The van der Waals surface area contributed by atoms with Crippen molar-refractivity contribution in [3.63, 3.8) is 0 Å². The Morgan fingerprint density at radius 1 is 1.78 bits per heavy atom. The summed E-state index contributed by atoms with van der Waals surface area (Å²) in [4.78, 5) is 12.9. The van der Waals surface area contributed by atoms with Crippen molar-refractivity contribution in [1.29, 1.82) is 0 Å². The molecule has 0 aliphatic rings. The maximum absolute atomic E-state index is 10.9. The summed E-state index contributed by atoms with van der Waals surface area (Å²) in [6, 6.07) is 0. The zero-order valence-corrected chi connectivity index (χ0v) is 5.26. The maximum atomic E-state index is 10.9. The molecule has 0 spiro atoms. The van der Waals surface area contributed by atoms with Gasteiger partial charge in [0.2, 0.25) is 0 Å². The van der Waals surface area contributed by atoms with E-state index in [1.54, 1.807) is 6.08 Å². The van der Waals surface area contributed by atoms with E-state index in [0.717, 1.165) is 18.9 Å². The molecule has 0 rings (SSSR count).